The van der Waals surface area contributed by atoms with E-state index in [0.717, 1.165) is 11.1 Å². The van der Waals surface area contributed by atoms with E-state index in [9.17, 15) is 9.90 Å². The monoisotopic (exact) mass is 293 g/mol. The first kappa shape index (κ1) is 17.5. The molecule has 0 heterocycles. The fourth-order valence-corrected chi connectivity index (χ4v) is 2.24. The van der Waals surface area contributed by atoms with E-state index in [4.69, 9.17) is 10.8 Å². The molecule has 21 heavy (non-hydrogen) atoms. The Morgan fingerprint density at radius 3 is 2.05 bits per heavy atom. The summed E-state index contributed by atoms with van der Waals surface area (Å²) in [5.41, 5.74) is 7.98. The first-order chi connectivity index (χ1) is 9.34. The summed E-state index contributed by atoms with van der Waals surface area (Å²) in [6.07, 6.45) is -0.204. The van der Waals surface area contributed by atoms with E-state index >= 15 is 0 Å². The summed E-state index contributed by atoms with van der Waals surface area (Å²) in [6.45, 7) is 12.3. The second kappa shape index (κ2) is 5.68. The average molecular weight is 293 g/mol. The molecule has 0 aliphatic carbocycles. The van der Waals surface area contributed by atoms with Crippen LogP contribution in [0, 0.1) is 0 Å². The largest absolute Gasteiger partial charge is 0.507 e. The van der Waals surface area contributed by atoms with Crippen molar-refractivity contribution in [2.75, 3.05) is 0 Å². The lowest BCUT2D eigenvalue weighted by molar-refractivity contribution is -0.137. The number of rotatable bonds is 3. The summed E-state index contributed by atoms with van der Waals surface area (Å²) in [6, 6.07) is 3.11. The van der Waals surface area contributed by atoms with Gasteiger partial charge in [0.25, 0.3) is 0 Å². The summed E-state index contributed by atoms with van der Waals surface area (Å²) >= 11 is 0. The molecule has 0 aliphatic heterocycles. The van der Waals surface area contributed by atoms with Gasteiger partial charge in [0.1, 0.15) is 5.75 Å². The normalized spacial score (nSPS) is 14.0. The quantitative estimate of drug-likeness (QED) is 0.797. The number of benzene rings is 1. The minimum Gasteiger partial charge on any atom is -0.507 e. The maximum Gasteiger partial charge on any atom is 0.305 e. The minimum atomic E-state index is -0.972. The molecule has 0 saturated carbocycles. The summed E-state index contributed by atoms with van der Waals surface area (Å²) in [5, 5.41) is 19.5. The Hall–Kier alpha value is -1.55. The van der Waals surface area contributed by atoms with Crippen LogP contribution < -0.4 is 5.73 Å². The van der Waals surface area contributed by atoms with E-state index in [-0.39, 0.29) is 23.0 Å². The molecular weight excluding hydrogens is 266 g/mol. The molecule has 1 aromatic rings. The standard InChI is InChI=1S/C17H27NO3/c1-16(2,3)10-7-11(13(18)9-14(19)20)15(21)12(8-10)17(4,5)6/h7-8,13,21H,9,18H2,1-6H3,(H,19,20)/t13-/m0/s1. The summed E-state index contributed by atoms with van der Waals surface area (Å²) < 4.78 is 0. The molecule has 0 saturated heterocycles. The van der Waals surface area contributed by atoms with Crippen LogP contribution in [0.15, 0.2) is 12.1 Å². The highest BCUT2D eigenvalue weighted by molar-refractivity contribution is 5.68. The van der Waals surface area contributed by atoms with Gasteiger partial charge in [0, 0.05) is 11.6 Å². The van der Waals surface area contributed by atoms with Gasteiger partial charge in [0.15, 0.2) is 0 Å². The van der Waals surface area contributed by atoms with Crippen molar-refractivity contribution in [3.8, 4) is 5.75 Å². The number of carboxylic acids is 1. The Balaban J connectivity index is 3.52. The number of aromatic hydroxyl groups is 1. The SMILES string of the molecule is CC(C)(C)c1cc([C@@H](N)CC(=O)O)c(O)c(C(C)(C)C)c1. The Labute approximate surface area is 127 Å². The van der Waals surface area contributed by atoms with Crippen LogP contribution in [-0.2, 0) is 15.6 Å². The number of carbonyl (C=O) groups is 1. The Bertz CT molecular complexity index is 536. The van der Waals surface area contributed by atoms with Crippen LogP contribution in [0.2, 0.25) is 0 Å². The van der Waals surface area contributed by atoms with Crippen molar-refractivity contribution >= 4 is 5.97 Å². The van der Waals surface area contributed by atoms with Crippen molar-refractivity contribution in [1.29, 1.82) is 0 Å². The van der Waals surface area contributed by atoms with Gasteiger partial charge in [-0.05, 0) is 28.0 Å². The number of hydrogen-bond acceptors (Lipinski definition) is 3. The smallest absolute Gasteiger partial charge is 0.305 e. The molecule has 4 heteroatoms. The van der Waals surface area contributed by atoms with E-state index in [1.807, 2.05) is 32.9 Å². The zero-order valence-electron chi connectivity index (χ0n) is 13.8. The second-order valence-electron chi connectivity index (χ2n) is 7.67. The van der Waals surface area contributed by atoms with Crippen molar-refractivity contribution in [3.63, 3.8) is 0 Å². The fraction of sp³-hybridized carbons (Fsp3) is 0.588. The maximum absolute atomic E-state index is 10.9. The molecule has 118 valence electrons. The molecular formula is C17H27NO3. The third-order valence-corrected chi connectivity index (χ3v) is 3.61. The minimum absolute atomic E-state index is 0.106. The van der Waals surface area contributed by atoms with Crippen LogP contribution in [0.1, 0.15) is 70.7 Å². The van der Waals surface area contributed by atoms with Crippen molar-refractivity contribution in [2.24, 2.45) is 5.73 Å². The summed E-state index contributed by atoms with van der Waals surface area (Å²) in [4.78, 5) is 10.9. The molecule has 1 atom stereocenters. The number of aliphatic carboxylic acids is 1. The van der Waals surface area contributed by atoms with Crippen LogP contribution in [0.5, 0.6) is 5.75 Å². The molecule has 4 N–H and O–H groups in total. The summed E-state index contributed by atoms with van der Waals surface area (Å²) in [5.74, 6) is -0.857. The molecule has 1 rings (SSSR count). The molecule has 0 aliphatic rings. The molecule has 0 unspecified atom stereocenters. The number of hydrogen-bond donors (Lipinski definition) is 3. The fourth-order valence-electron chi connectivity index (χ4n) is 2.24. The molecule has 0 bridgehead atoms. The molecule has 0 radical (unpaired) electrons. The lowest BCUT2D eigenvalue weighted by Crippen LogP contribution is -2.21. The van der Waals surface area contributed by atoms with Gasteiger partial charge in [-0.15, -0.1) is 0 Å². The predicted octanol–water partition coefficient (Wildman–Crippen LogP) is 3.46. The molecule has 0 fully saturated rings. The van der Waals surface area contributed by atoms with E-state index < -0.39 is 12.0 Å². The third-order valence-electron chi connectivity index (χ3n) is 3.61. The Kier molecular flexibility index (Phi) is 4.73. The van der Waals surface area contributed by atoms with Crippen LogP contribution >= 0.6 is 0 Å². The van der Waals surface area contributed by atoms with Crippen LogP contribution in [0.3, 0.4) is 0 Å². The highest BCUT2D eigenvalue weighted by Gasteiger charge is 2.27. The zero-order chi connectivity index (χ0) is 16.6. The number of nitrogens with two attached hydrogens (primary N) is 1. The van der Waals surface area contributed by atoms with Crippen LogP contribution in [0.4, 0.5) is 0 Å². The number of phenols is 1. The Morgan fingerprint density at radius 2 is 1.67 bits per heavy atom. The first-order valence-electron chi connectivity index (χ1n) is 7.19. The van der Waals surface area contributed by atoms with E-state index in [1.54, 1.807) is 0 Å². The number of phenolic OH excluding ortho intramolecular Hbond substituents is 1. The maximum atomic E-state index is 10.9. The average Bonchev–Trinajstić information content (AvgIpc) is 2.24. The van der Waals surface area contributed by atoms with Gasteiger partial charge in [-0.1, -0.05) is 47.6 Å². The lowest BCUT2D eigenvalue weighted by atomic mass is 9.78. The van der Waals surface area contributed by atoms with Gasteiger partial charge in [0.2, 0.25) is 0 Å². The zero-order valence-corrected chi connectivity index (χ0v) is 13.8. The van der Waals surface area contributed by atoms with Crippen molar-refractivity contribution in [1.82, 2.24) is 0 Å². The van der Waals surface area contributed by atoms with Gasteiger partial charge >= 0.3 is 5.97 Å². The molecule has 0 spiro atoms. The van der Waals surface area contributed by atoms with E-state index in [1.165, 1.54) is 0 Å². The van der Waals surface area contributed by atoms with Gasteiger partial charge in [-0.25, -0.2) is 0 Å². The highest BCUT2D eigenvalue weighted by atomic mass is 16.4. The van der Waals surface area contributed by atoms with Gasteiger partial charge in [-0.3, -0.25) is 4.79 Å². The second-order valence-corrected chi connectivity index (χ2v) is 7.67. The van der Waals surface area contributed by atoms with Gasteiger partial charge < -0.3 is 15.9 Å². The first-order valence-corrected chi connectivity index (χ1v) is 7.19. The van der Waals surface area contributed by atoms with Crippen molar-refractivity contribution in [3.05, 3.63) is 28.8 Å². The van der Waals surface area contributed by atoms with Gasteiger partial charge in [0.05, 0.1) is 6.42 Å². The molecule has 4 nitrogen and oxygen atoms in total. The molecule has 0 amide bonds. The predicted molar refractivity (Wildman–Crippen MR) is 84.7 cm³/mol. The molecule has 0 aromatic heterocycles. The lowest BCUT2D eigenvalue weighted by Gasteiger charge is -2.28. The molecule has 1 aromatic carbocycles. The van der Waals surface area contributed by atoms with Crippen LogP contribution in [0.25, 0.3) is 0 Å². The third kappa shape index (κ3) is 4.21. The van der Waals surface area contributed by atoms with Crippen LogP contribution in [-0.4, -0.2) is 16.2 Å². The van der Waals surface area contributed by atoms with E-state index in [2.05, 4.69) is 20.8 Å². The van der Waals surface area contributed by atoms with Gasteiger partial charge in [-0.2, -0.15) is 0 Å². The summed E-state index contributed by atoms with van der Waals surface area (Å²) in [7, 11) is 0. The Morgan fingerprint density at radius 1 is 1.14 bits per heavy atom. The van der Waals surface area contributed by atoms with Crippen molar-refractivity contribution in [2.45, 2.75) is 64.8 Å². The highest BCUT2D eigenvalue weighted by Crippen LogP contribution is 2.39. The van der Waals surface area contributed by atoms with Crippen molar-refractivity contribution < 1.29 is 15.0 Å². The topological polar surface area (TPSA) is 83.6 Å². The van der Waals surface area contributed by atoms with E-state index in [0.29, 0.717) is 5.56 Å². The number of carboxylic acid groups (broad SMARTS) is 1.